The Kier molecular flexibility index (Phi) is 4.24. The van der Waals surface area contributed by atoms with Gasteiger partial charge in [-0.05, 0) is 30.6 Å². The maximum Gasteiger partial charge on any atom is 0.404 e. The number of hydrogen-bond acceptors (Lipinski definition) is 2. The first kappa shape index (κ1) is 11.8. The zero-order chi connectivity index (χ0) is 10.7. The lowest BCUT2D eigenvalue weighted by molar-refractivity contribution is 0.0179. The Morgan fingerprint density at radius 2 is 2.07 bits per heavy atom. The largest absolute Gasteiger partial charge is 0.450 e. The van der Waals surface area contributed by atoms with Crippen LogP contribution in [0.15, 0.2) is 0 Å². The van der Waals surface area contributed by atoms with E-state index in [-0.39, 0.29) is 6.10 Å². The van der Waals surface area contributed by atoms with Gasteiger partial charge in [-0.1, -0.05) is 27.2 Å². The molecule has 82 valence electrons. The molecule has 0 heterocycles. The minimum Gasteiger partial charge on any atom is -0.450 e. The van der Waals surface area contributed by atoms with Gasteiger partial charge < -0.3 is 4.74 Å². The van der Waals surface area contributed by atoms with Crippen molar-refractivity contribution >= 4 is 17.0 Å². The topological polar surface area (TPSA) is 26.3 Å². The molecule has 0 radical (unpaired) electrons. The van der Waals surface area contributed by atoms with Crippen LogP contribution in [0.5, 0.6) is 0 Å². The number of halogens is 1. The highest BCUT2D eigenvalue weighted by molar-refractivity contribution is 6.61. The fraction of sp³-hybridized carbons (Fsp3) is 0.909. The summed E-state index contributed by atoms with van der Waals surface area (Å²) in [6.45, 7) is 6.55. The lowest BCUT2D eigenvalue weighted by Gasteiger charge is -2.36. The number of carbonyl (C=O) groups is 1. The van der Waals surface area contributed by atoms with Crippen molar-refractivity contribution in [1.82, 2.24) is 0 Å². The molecule has 2 unspecified atom stereocenters. The standard InChI is InChI=1S/C11H19ClO2/c1-7(2)9-5-4-8(3)6-10(9)14-11(12)13/h7-10H,4-6H2,1-3H3/t8?,9?,10-/m1/s1. The summed E-state index contributed by atoms with van der Waals surface area (Å²) in [7, 11) is 0. The van der Waals surface area contributed by atoms with E-state index in [4.69, 9.17) is 16.3 Å². The van der Waals surface area contributed by atoms with Gasteiger partial charge in [0.25, 0.3) is 0 Å². The van der Waals surface area contributed by atoms with Gasteiger partial charge >= 0.3 is 5.43 Å². The Hall–Kier alpha value is -0.240. The Bertz CT molecular complexity index is 203. The summed E-state index contributed by atoms with van der Waals surface area (Å²) < 4.78 is 5.16. The Morgan fingerprint density at radius 1 is 1.43 bits per heavy atom. The third-order valence-corrected chi connectivity index (χ3v) is 3.29. The molecule has 0 aromatic carbocycles. The molecule has 1 aliphatic rings. The lowest BCUT2D eigenvalue weighted by atomic mass is 9.75. The number of carbonyl (C=O) groups excluding carboxylic acids is 1. The Labute approximate surface area is 91.0 Å². The molecule has 1 rings (SSSR count). The van der Waals surface area contributed by atoms with Crippen molar-refractivity contribution in [3.63, 3.8) is 0 Å². The molecule has 0 saturated heterocycles. The van der Waals surface area contributed by atoms with E-state index >= 15 is 0 Å². The van der Waals surface area contributed by atoms with Gasteiger partial charge in [-0.2, -0.15) is 0 Å². The first-order chi connectivity index (χ1) is 6.50. The molecule has 1 saturated carbocycles. The van der Waals surface area contributed by atoms with Crippen LogP contribution in [0.4, 0.5) is 4.79 Å². The summed E-state index contributed by atoms with van der Waals surface area (Å²) in [5.41, 5.74) is -0.658. The van der Waals surface area contributed by atoms with Gasteiger partial charge in [-0.3, -0.25) is 0 Å². The normalized spacial score (nSPS) is 33.1. The summed E-state index contributed by atoms with van der Waals surface area (Å²) in [4.78, 5) is 10.7. The van der Waals surface area contributed by atoms with E-state index in [1.165, 1.54) is 6.42 Å². The fourth-order valence-corrected chi connectivity index (χ4v) is 2.48. The summed E-state index contributed by atoms with van der Waals surface area (Å²) in [6.07, 6.45) is 3.37. The van der Waals surface area contributed by atoms with Crippen LogP contribution in [-0.4, -0.2) is 11.5 Å². The molecule has 14 heavy (non-hydrogen) atoms. The summed E-state index contributed by atoms with van der Waals surface area (Å²) in [5.74, 6) is 1.68. The molecule has 1 aliphatic carbocycles. The molecule has 0 bridgehead atoms. The zero-order valence-electron chi connectivity index (χ0n) is 9.13. The van der Waals surface area contributed by atoms with Crippen LogP contribution in [-0.2, 0) is 4.74 Å². The minimum atomic E-state index is -0.658. The van der Waals surface area contributed by atoms with Crippen molar-refractivity contribution in [1.29, 1.82) is 0 Å². The van der Waals surface area contributed by atoms with Gasteiger partial charge in [0, 0.05) is 11.6 Å². The molecule has 0 aromatic rings. The average Bonchev–Trinajstić information content (AvgIpc) is 2.01. The Morgan fingerprint density at radius 3 is 2.57 bits per heavy atom. The maximum absolute atomic E-state index is 10.7. The summed E-state index contributed by atoms with van der Waals surface area (Å²) in [5, 5.41) is 0. The molecule has 0 aliphatic heterocycles. The highest BCUT2D eigenvalue weighted by Crippen LogP contribution is 2.35. The van der Waals surface area contributed by atoms with Gasteiger partial charge in [-0.15, -0.1) is 0 Å². The zero-order valence-corrected chi connectivity index (χ0v) is 9.88. The van der Waals surface area contributed by atoms with Gasteiger partial charge in [0.2, 0.25) is 0 Å². The second kappa shape index (κ2) is 5.01. The molecule has 3 heteroatoms. The number of ether oxygens (including phenoxy) is 1. The van der Waals surface area contributed by atoms with E-state index in [9.17, 15) is 4.79 Å². The van der Waals surface area contributed by atoms with Crippen molar-refractivity contribution in [3.8, 4) is 0 Å². The lowest BCUT2D eigenvalue weighted by Crippen LogP contribution is -2.34. The summed E-state index contributed by atoms with van der Waals surface area (Å²) in [6, 6.07) is 0. The van der Waals surface area contributed by atoms with E-state index in [0.29, 0.717) is 17.8 Å². The predicted octanol–water partition coefficient (Wildman–Crippen LogP) is 3.82. The minimum absolute atomic E-state index is 0.0312. The number of hydrogen-bond donors (Lipinski definition) is 0. The van der Waals surface area contributed by atoms with Gasteiger partial charge in [0.15, 0.2) is 0 Å². The second-order valence-corrected chi connectivity index (χ2v) is 5.03. The van der Waals surface area contributed by atoms with Gasteiger partial charge in [-0.25, -0.2) is 4.79 Å². The molecule has 3 atom stereocenters. The second-order valence-electron chi connectivity index (χ2n) is 4.72. The van der Waals surface area contributed by atoms with Crippen LogP contribution in [0.2, 0.25) is 0 Å². The van der Waals surface area contributed by atoms with Crippen LogP contribution in [0, 0.1) is 17.8 Å². The van der Waals surface area contributed by atoms with E-state index in [1.807, 2.05) is 0 Å². The first-order valence-electron chi connectivity index (χ1n) is 5.36. The van der Waals surface area contributed by atoms with E-state index < -0.39 is 5.43 Å². The molecule has 0 N–H and O–H groups in total. The van der Waals surface area contributed by atoms with Crippen molar-refractivity contribution in [3.05, 3.63) is 0 Å². The third-order valence-electron chi connectivity index (χ3n) is 3.21. The molecule has 0 aromatic heterocycles. The van der Waals surface area contributed by atoms with E-state index in [1.54, 1.807) is 0 Å². The van der Waals surface area contributed by atoms with E-state index in [0.717, 1.165) is 12.8 Å². The molecule has 0 amide bonds. The maximum atomic E-state index is 10.7. The predicted molar refractivity (Wildman–Crippen MR) is 57.5 cm³/mol. The third kappa shape index (κ3) is 3.16. The molecular weight excluding hydrogens is 200 g/mol. The molecular formula is C11H19ClO2. The van der Waals surface area contributed by atoms with Crippen LogP contribution in [0.25, 0.3) is 0 Å². The number of rotatable bonds is 2. The van der Waals surface area contributed by atoms with Gasteiger partial charge in [0.1, 0.15) is 6.10 Å². The van der Waals surface area contributed by atoms with Crippen LogP contribution in [0.1, 0.15) is 40.0 Å². The van der Waals surface area contributed by atoms with Crippen molar-refractivity contribution in [2.24, 2.45) is 17.8 Å². The quantitative estimate of drug-likeness (QED) is 0.659. The SMILES string of the molecule is CC1CCC(C(C)C)[C@H](OC(=O)Cl)C1. The highest BCUT2D eigenvalue weighted by Gasteiger charge is 2.32. The molecule has 1 fully saturated rings. The van der Waals surface area contributed by atoms with Crippen molar-refractivity contribution in [2.75, 3.05) is 0 Å². The van der Waals surface area contributed by atoms with Crippen LogP contribution >= 0.6 is 11.6 Å². The highest BCUT2D eigenvalue weighted by atomic mass is 35.5. The van der Waals surface area contributed by atoms with Gasteiger partial charge in [0.05, 0.1) is 0 Å². The fourth-order valence-electron chi connectivity index (χ4n) is 2.37. The van der Waals surface area contributed by atoms with Crippen molar-refractivity contribution < 1.29 is 9.53 Å². The Balaban J connectivity index is 2.58. The van der Waals surface area contributed by atoms with E-state index in [2.05, 4.69) is 20.8 Å². The van der Waals surface area contributed by atoms with Crippen molar-refractivity contribution in [2.45, 2.75) is 46.1 Å². The molecule has 0 spiro atoms. The van der Waals surface area contributed by atoms with Crippen LogP contribution in [0.3, 0.4) is 0 Å². The smallest absolute Gasteiger partial charge is 0.404 e. The monoisotopic (exact) mass is 218 g/mol. The summed E-state index contributed by atoms with van der Waals surface area (Å²) >= 11 is 5.27. The first-order valence-corrected chi connectivity index (χ1v) is 5.74. The molecule has 2 nitrogen and oxygen atoms in total. The van der Waals surface area contributed by atoms with Crippen LogP contribution < -0.4 is 0 Å². The average molecular weight is 219 g/mol.